The third-order valence-corrected chi connectivity index (χ3v) is 2.75. The lowest BCUT2D eigenvalue weighted by atomic mass is 10.1. The smallest absolute Gasteiger partial charge is 0.404 e. The summed E-state index contributed by atoms with van der Waals surface area (Å²) in [6.07, 6.45) is 0. The molecule has 0 aliphatic heterocycles. The number of alkyl halides is 1. The maximum absolute atomic E-state index is 13.0. The maximum Gasteiger partial charge on any atom is 0.433 e. The molecule has 0 spiro atoms. The minimum absolute atomic E-state index is 0.0920. The molecule has 0 saturated carbocycles. The lowest BCUT2D eigenvalue weighted by Crippen LogP contribution is -1.94. The molecule has 7 heteroatoms. The molecule has 1 aromatic carbocycles. The van der Waals surface area contributed by atoms with E-state index >= 15 is 0 Å². The van der Waals surface area contributed by atoms with E-state index in [1.54, 1.807) is 0 Å². The number of rotatable bonds is 3. The molecular weight excluding hydrogens is 268 g/mol. The summed E-state index contributed by atoms with van der Waals surface area (Å²) in [7, 11) is 0. The first-order chi connectivity index (χ1) is 8.49. The molecule has 0 fully saturated rings. The molecule has 0 amide bonds. The molecule has 18 heavy (non-hydrogen) atoms. The number of furan rings is 1. The van der Waals surface area contributed by atoms with Gasteiger partial charge in [-0.3, -0.25) is 10.1 Å². The van der Waals surface area contributed by atoms with E-state index in [2.05, 4.69) is 0 Å². The Kier molecular flexibility index (Phi) is 3.29. The highest BCUT2D eigenvalue weighted by Crippen LogP contribution is 2.32. The second-order valence-electron chi connectivity index (χ2n) is 3.47. The van der Waals surface area contributed by atoms with Crippen molar-refractivity contribution in [2.45, 2.75) is 5.38 Å². The average Bonchev–Trinajstić information content (AvgIpc) is 2.81. The van der Waals surface area contributed by atoms with E-state index in [1.807, 2.05) is 0 Å². The van der Waals surface area contributed by atoms with Gasteiger partial charge in [-0.1, -0.05) is 6.07 Å². The van der Waals surface area contributed by atoms with Gasteiger partial charge in [-0.25, -0.2) is 8.78 Å². The molecule has 1 heterocycles. The zero-order valence-electron chi connectivity index (χ0n) is 8.77. The molecule has 4 nitrogen and oxygen atoms in total. The van der Waals surface area contributed by atoms with Crippen molar-refractivity contribution >= 4 is 17.5 Å². The number of nitrogens with zero attached hydrogens (tertiary/aromatic N) is 1. The average molecular weight is 274 g/mol. The Bertz CT molecular complexity index is 600. The Hall–Kier alpha value is -1.95. The molecule has 0 radical (unpaired) electrons. The van der Waals surface area contributed by atoms with Crippen LogP contribution >= 0.6 is 11.6 Å². The van der Waals surface area contributed by atoms with Gasteiger partial charge < -0.3 is 4.42 Å². The summed E-state index contributed by atoms with van der Waals surface area (Å²) in [6, 6.07) is 5.59. The molecule has 0 N–H and O–H groups in total. The van der Waals surface area contributed by atoms with Gasteiger partial charge in [-0.05, 0) is 23.8 Å². The van der Waals surface area contributed by atoms with Crippen molar-refractivity contribution in [3.63, 3.8) is 0 Å². The normalized spacial score (nSPS) is 12.4. The molecule has 0 aliphatic rings. The van der Waals surface area contributed by atoms with Crippen molar-refractivity contribution in [2.75, 3.05) is 0 Å². The van der Waals surface area contributed by atoms with Gasteiger partial charge in [0.15, 0.2) is 11.6 Å². The van der Waals surface area contributed by atoms with Crippen LogP contribution < -0.4 is 0 Å². The summed E-state index contributed by atoms with van der Waals surface area (Å²) >= 11 is 5.97. The van der Waals surface area contributed by atoms with E-state index in [9.17, 15) is 18.9 Å². The van der Waals surface area contributed by atoms with Crippen LogP contribution in [0.1, 0.15) is 16.7 Å². The molecule has 1 aromatic heterocycles. The number of nitro groups is 1. The molecule has 2 aromatic rings. The largest absolute Gasteiger partial charge is 0.433 e. The van der Waals surface area contributed by atoms with E-state index in [1.165, 1.54) is 12.1 Å². The van der Waals surface area contributed by atoms with E-state index in [0.29, 0.717) is 0 Å². The fourth-order valence-corrected chi connectivity index (χ4v) is 1.66. The molecule has 0 bridgehead atoms. The van der Waals surface area contributed by atoms with Gasteiger partial charge in [0.05, 0.1) is 6.07 Å². The quantitative estimate of drug-likeness (QED) is 0.485. The van der Waals surface area contributed by atoms with Crippen molar-refractivity contribution in [3.05, 3.63) is 63.4 Å². The van der Waals surface area contributed by atoms with Crippen molar-refractivity contribution < 1.29 is 18.1 Å². The number of halogens is 3. The zero-order valence-corrected chi connectivity index (χ0v) is 9.53. The summed E-state index contributed by atoms with van der Waals surface area (Å²) in [6.45, 7) is 0. The van der Waals surface area contributed by atoms with Gasteiger partial charge in [-0.2, -0.15) is 0 Å². The van der Waals surface area contributed by atoms with Gasteiger partial charge in [0.25, 0.3) is 0 Å². The summed E-state index contributed by atoms with van der Waals surface area (Å²) < 4.78 is 30.6. The predicted octanol–water partition coefficient (Wildman–Crippen LogP) is 3.79. The molecule has 94 valence electrons. The van der Waals surface area contributed by atoms with E-state index < -0.39 is 27.8 Å². The van der Waals surface area contributed by atoms with Gasteiger partial charge in [-0.15, -0.1) is 11.6 Å². The molecule has 0 saturated heterocycles. The van der Waals surface area contributed by atoms with Crippen LogP contribution in [0.3, 0.4) is 0 Å². The highest BCUT2D eigenvalue weighted by atomic mass is 35.5. The van der Waals surface area contributed by atoms with Gasteiger partial charge >= 0.3 is 5.88 Å². The second kappa shape index (κ2) is 4.73. The SMILES string of the molecule is O=[N+]([O-])c1ccc(C(Cl)c2ccc(F)c(F)c2)o1. The zero-order chi connectivity index (χ0) is 13.3. The minimum Gasteiger partial charge on any atom is -0.404 e. The van der Waals surface area contributed by atoms with Crippen LogP contribution in [0.2, 0.25) is 0 Å². The first kappa shape index (κ1) is 12.5. The lowest BCUT2D eigenvalue weighted by Gasteiger charge is -2.06. The Morgan fingerprint density at radius 1 is 1.22 bits per heavy atom. The Labute approximate surface area is 105 Å². The molecular formula is C11H6ClF2NO3. The molecule has 1 atom stereocenters. The van der Waals surface area contributed by atoms with Crippen molar-refractivity contribution in [3.8, 4) is 0 Å². The molecule has 1 unspecified atom stereocenters. The van der Waals surface area contributed by atoms with Crippen LogP contribution in [-0.2, 0) is 0 Å². The van der Waals surface area contributed by atoms with Crippen LogP contribution in [0.4, 0.5) is 14.7 Å². The fraction of sp³-hybridized carbons (Fsp3) is 0.0909. The van der Waals surface area contributed by atoms with Crippen LogP contribution in [-0.4, -0.2) is 4.92 Å². The Morgan fingerprint density at radius 2 is 1.94 bits per heavy atom. The van der Waals surface area contributed by atoms with Crippen molar-refractivity contribution in [1.82, 2.24) is 0 Å². The lowest BCUT2D eigenvalue weighted by molar-refractivity contribution is -0.402. The summed E-state index contributed by atoms with van der Waals surface area (Å²) in [5.74, 6) is -2.40. The summed E-state index contributed by atoms with van der Waals surface area (Å²) in [5.41, 5.74) is 0.250. The van der Waals surface area contributed by atoms with E-state index in [0.717, 1.165) is 18.2 Å². The first-order valence-corrected chi connectivity index (χ1v) is 5.26. The van der Waals surface area contributed by atoms with Gasteiger partial charge in [0.2, 0.25) is 0 Å². The Morgan fingerprint density at radius 3 is 2.50 bits per heavy atom. The molecule has 0 aliphatic carbocycles. The summed E-state index contributed by atoms with van der Waals surface area (Å²) in [4.78, 5) is 9.72. The van der Waals surface area contributed by atoms with Crippen LogP contribution in [0, 0.1) is 21.7 Å². The first-order valence-electron chi connectivity index (χ1n) is 4.82. The standard InChI is InChI=1S/C11H6ClF2NO3/c12-11(6-1-2-7(13)8(14)5-6)9-3-4-10(18-9)15(16)17/h1-5,11H. The second-order valence-corrected chi connectivity index (χ2v) is 3.91. The highest BCUT2D eigenvalue weighted by Gasteiger charge is 2.20. The van der Waals surface area contributed by atoms with Crippen LogP contribution in [0.5, 0.6) is 0 Å². The monoisotopic (exact) mass is 273 g/mol. The van der Waals surface area contributed by atoms with Gasteiger partial charge in [0, 0.05) is 0 Å². The Balaban J connectivity index is 2.31. The minimum atomic E-state index is -1.04. The third-order valence-electron chi connectivity index (χ3n) is 2.28. The van der Waals surface area contributed by atoms with Crippen LogP contribution in [0.15, 0.2) is 34.7 Å². The topological polar surface area (TPSA) is 56.3 Å². The van der Waals surface area contributed by atoms with Crippen LogP contribution in [0.25, 0.3) is 0 Å². The van der Waals surface area contributed by atoms with E-state index in [-0.39, 0.29) is 11.3 Å². The third kappa shape index (κ3) is 2.33. The van der Waals surface area contributed by atoms with Crippen molar-refractivity contribution in [1.29, 1.82) is 0 Å². The van der Waals surface area contributed by atoms with Gasteiger partial charge in [0.1, 0.15) is 16.1 Å². The number of hydrogen-bond donors (Lipinski definition) is 0. The number of benzene rings is 1. The molecule has 2 rings (SSSR count). The number of hydrogen-bond acceptors (Lipinski definition) is 3. The fourth-order valence-electron chi connectivity index (χ4n) is 1.41. The van der Waals surface area contributed by atoms with E-state index in [4.69, 9.17) is 16.0 Å². The highest BCUT2D eigenvalue weighted by molar-refractivity contribution is 6.22. The van der Waals surface area contributed by atoms with Crippen molar-refractivity contribution in [2.24, 2.45) is 0 Å². The summed E-state index contributed by atoms with van der Waals surface area (Å²) in [5, 5.41) is 9.51. The maximum atomic E-state index is 13.0. The predicted molar refractivity (Wildman–Crippen MR) is 59.4 cm³/mol.